The standard InChI is InChI=1S/C15H20F5N5O/c1-7(2)21-12-23-11(9-4-5-14(16,17)10(26)6-9)24-13(25-12)22-8(3)15(18,19)20/h6-8,10,26H,4-5H2,1-3H3,(H2,21,22,23,24,25)/t8-,10+/m1/s1. The highest BCUT2D eigenvalue weighted by Gasteiger charge is 2.41. The minimum absolute atomic E-state index is 0.00889. The lowest BCUT2D eigenvalue weighted by molar-refractivity contribution is -0.138. The van der Waals surface area contributed by atoms with Crippen molar-refractivity contribution in [2.24, 2.45) is 0 Å². The average molecular weight is 381 g/mol. The summed E-state index contributed by atoms with van der Waals surface area (Å²) in [5.41, 5.74) is 0.223. The van der Waals surface area contributed by atoms with Crippen molar-refractivity contribution in [1.29, 1.82) is 0 Å². The molecule has 3 N–H and O–H groups in total. The third kappa shape index (κ3) is 4.99. The molecule has 1 aliphatic carbocycles. The lowest BCUT2D eigenvalue weighted by atomic mass is 9.93. The zero-order valence-corrected chi connectivity index (χ0v) is 14.4. The predicted octanol–water partition coefficient (Wildman–Crippen LogP) is 3.23. The monoisotopic (exact) mass is 381 g/mol. The molecule has 0 aromatic carbocycles. The van der Waals surface area contributed by atoms with Gasteiger partial charge in [-0.1, -0.05) is 0 Å². The number of hydrogen-bond donors (Lipinski definition) is 3. The molecule has 146 valence electrons. The van der Waals surface area contributed by atoms with Crippen LogP contribution in [0.15, 0.2) is 6.08 Å². The molecule has 1 aliphatic rings. The number of alkyl halides is 5. The van der Waals surface area contributed by atoms with Crippen LogP contribution in [0.2, 0.25) is 0 Å². The van der Waals surface area contributed by atoms with Crippen LogP contribution in [0.1, 0.15) is 39.4 Å². The van der Waals surface area contributed by atoms with E-state index in [4.69, 9.17) is 0 Å². The highest BCUT2D eigenvalue weighted by molar-refractivity contribution is 5.63. The number of anilines is 2. The van der Waals surface area contributed by atoms with Crippen LogP contribution in [0.3, 0.4) is 0 Å². The summed E-state index contributed by atoms with van der Waals surface area (Å²) in [4.78, 5) is 11.9. The van der Waals surface area contributed by atoms with Crippen molar-refractivity contribution in [2.75, 3.05) is 10.6 Å². The number of nitrogens with one attached hydrogen (secondary N) is 2. The molecule has 1 aromatic rings. The SMILES string of the molecule is CC(C)Nc1nc(N[C@H](C)C(F)(F)F)nc(C2=C[C@H](O)C(F)(F)CC2)n1. The molecule has 0 saturated carbocycles. The zero-order chi connectivity index (χ0) is 19.7. The third-order valence-electron chi connectivity index (χ3n) is 3.70. The molecule has 0 fully saturated rings. The van der Waals surface area contributed by atoms with Crippen molar-refractivity contribution >= 4 is 17.5 Å². The normalized spacial score (nSPS) is 21.3. The van der Waals surface area contributed by atoms with E-state index in [0.29, 0.717) is 0 Å². The molecule has 1 heterocycles. The van der Waals surface area contributed by atoms with E-state index in [1.165, 1.54) is 0 Å². The lowest BCUT2D eigenvalue weighted by Gasteiger charge is -2.26. The van der Waals surface area contributed by atoms with Gasteiger partial charge in [0, 0.05) is 12.5 Å². The first-order valence-corrected chi connectivity index (χ1v) is 8.01. The molecule has 0 spiro atoms. The maximum absolute atomic E-state index is 13.4. The summed E-state index contributed by atoms with van der Waals surface area (Å²) >= 11 is 0. The molecular formula is C15H20F5N5O. The van der Waals surface area contributed by atoms with Gasteiger partial charge in [-0.15, -0.1) is 0 Å². The minimum Gasteiger partial charge on any atom is -0.383 e. The van der Waals surface area contributed by atoms with Gasteiger partial charge < -0.3 is 15.7 Å². The van der Waals surface area contributed by atoms with Crippen LogP contribution in [0, 0.1) is 0 Å². The van der Waals surface area contributed by atoms with Crippen molar-refractivity contribution in [3.63, 3.8) is 0 Å². The van der Waals surface area contributed by atoms with Gasteiger partial charge in [0.25, 0.3) is 5.92 Å². The van der Waals surface area contributed by atoms with E-state index in [9.17, 15) is 27.1 Å². The quantitative estimate of drug-likeness (QED) is 0.680. The van der Waals surface area contributed by atoms with Crippen LogP contribution >= 0.6 is 0 Å². The molecule has 0 saturated heterocycles. The number of aliphatic hydroxyl groups is 1. The number of halogens is 5. The molecule has 1 aromatic heterocycles. The lowest BCUT2D eigenvalue weighted by Crippen LogP contribution is -2.35. The van der Waals surface area contributed by atoms with Gasteiger partial charge in [0.05, 0.1) is 0 Å². The Labute approximate surface area is 146 Å². The number of nitrogens with zero attached hydrogens (tertiary/aromatic N) is 3. The highest BCUT2D eigenvalue weighted by Crippen LogP contribution is 2.36. The average Bonchev–Trinajstić information content (AvgIpc) is 2.48. The van der Waals surface area contributed by atoms with E-state index in [0.717, 1.165) is 13.0 Å². The summed E-state index contributed by atoms with van der Waals surface area (Å²) in [7, 11) is 0. The summed E-state index contributed by atoms with van der Waals surface area (Å²) < 4.78 is 65.1. The van der Waals surface area contributed by atoms with Crippen molar-refractivity contribution in [3.8, 4) is 0 Å². The molecule has 6 nitrogen and oxygen atoms in total. The molecule has 0 radical (unpaired) electrons. The Morgan fingerprint density at radius 2 is 1.69 bits per heavy atom. The maximum atomic E-state index is 13.4. The largest absolute Gasteiger partial charge is 0.408 e. The molecule has 0 unspecified atom stereocenters. The Bertz CT molecular complexity index is 677. The van der Waals surface area contributed by atoms with Gasteiger partial charge in [-0.05, 0) is 38.8 Å². The van der Waals surface area contributed by atoms with Gasteiger partial charge in [-0.25, -0.2) is 8.78 Å². The first-order chi connectivity index (χ1) is 11.9. The molecule has 2 rings (SSSR count). The molecule has 26 heavy (non-hydrogen) atoms. The molecule has 0 amide bonds. The van der Waals surface area contributed by atoms with E-state index in [1.54, 1.807) is 13.8 Å². The van der Waals surface area contributed by atoms with Gasteiger partial charge in [0.2, 0.25) is 11.9 Å². The van der Waals surface area contributed by atoms with E-state index in [1.807, 2.05) is 0 Å². The Balaban J connectivity index is 2.38. The summed E-state index contributed by atoms with van der Waals surface area (Å²) in [6.45, 7) is 4.46. The number of aliphatic hydroxyl groups excluding tert-OH is 1. The topological polar surface area (TPSA) is 83.0 Å². The van der Waals surface area contributed by atoms with Gasteiger partial charge in [0.15, 0.2) is 5.82 Å². The number of rotatable bonds is 5. The molecule has 11 heteroatoms. The van der Waals surface area contributed by atoms with Crippen LogP contribution in [0.5, 0.6) is 0 Å². The van der Waals surface area contributed by atoms with E-state index >= 15 is 0 Å². The maximum Gasteiger partial charge on any atom is 0.408 e. The van der Waals surface area contributed by atoms with Crippen LogP contribution < -0.4 is 10.6 Å². The summed E-state index contributed by atoms with van der Waals surface area (Å²) in [5, 5.41) is 14.5. The molecule has 2 atom stereocenters. The van der Waals surface area contributed by atoms with E-state index in [2.05, 4.69) is 25.6 Å². The number of aromatic nitrogens is 3. The zero-order valence-electron chi connectivity index (χ0n) is 14.4. The van der Waals surface area contributed by atoms with Crippen LogP contribution in [-0.2, 0) is 0 Å². The minimum atomic E-state index is -4.51. The third-order valence-corrected chi connectivity index (χ3v) is 3.70. The van der Waals surface area contributed by atoms with Crippen molar-refractivity contribution < 1.29 is 27.1 Å². The molecular weight excluding hydrogens is 361 g/mol. The number of allylic oxidation sites excluding steroid dienone is 1. The second kappa shape index (κ2) is 7.29. The fourth-order valence-corrected chi connectivity index (χ4v) is 2.21. The Morgan fingerprint density at radius 3 is 2.19 bits per heavy atom. The van der Waals surface area contributed by atoms with Gasteiger partial charge >= 0.3 is 6.18 Å². The summed E-state index contributed by atoms with van der Waals surface area (Å²) in [6, 6.07) is -2.03. The summed E-state index contributed by atoms with van der Waals surface area (Å²) in [5.74, 6) is -3.65. The Kier molecular flexibility index (Phi) is 5.69. The highest BCUT2D eigenvalue weighted by atomic mass is 19.4. The Hall–Kier alpha value is -2.04. The van der Waals surface area contributed by atoms with Gasteiger partial charge in [-0.3, -0.25) is 0 Å². The molecule has 0 bridgehead atoms. The second-order valence-electron chi connectivity index (χ2n) is 6.41. The van der Waals surface area contributed by atoms with Crippen molar-refractivity contribution in [3.05, 3.63) is 11.9 Å². The fourth-order valence-electron chi connectivity index (χ4n) is 2.21. The van der Waals surface area contributed by atoms with E-state index < -0.39 is 30.7 Å². The van der Waals surface area contributed by atoms with E-state index in [-0.39, 0.29) is 35.8 Å². The molecule has 0 aliphatic heterocycles. The second-order valence-corrected chi connectivity index (χ2v) is 6.41. The Morgan fingerprint density at radius 1 is 1.12 bits per heavy atom. The number of hydrogen-bond acceptors (Lipinski definition) is 6. The predicted molar refractivity (Wildman–Crippen MR) is 85.9 cm³/mol. The van der Waals surface area contributed by atoms with Crippen LogP contribution in [-0.4, -0.2) is 50.3 Å². The smallest absolute Gasteiger partial charge is 0.383 e. The van der Waals surface area contributed by atoms with Crippen molar-refractivity contribution in [2.45, 2.75) is 63.9 Å². The summed E-state index contributed by atoms with van der Waals surface area (Å²) in [6.07, 6.45) is -6.32. The van der Waals surface area contributed by atoms with Crippen LogP contribution in [0.25, 0.3) is 5.57 Å². The first-order valence-electron chi connectivity index (χ1n) is 8.01. The van der Waals surface area contributed by atoms with Crippen LogP contribution in [0.4, 0.5) is 33.8 Å². The fraction of sp³-hybridized carbons (Fsp3) is 0.667. The van der Waals surface area contributed by atoms with Crippen molar-refractivity contribution in [1.82, 2.24) is 15.0 Å². The van der Waals surface area contributed by atoms with Gasteiger partial charge in [0.1, 0.15) is 12.1 Å². The van der Waals surface area contributed by atoms with Gasteiger partial charge in [-0.2, -0.15) is 28.1 Å². The first kappa shape index (κ1) is 20.3.